The zero-order chi connectivity index (χ0) is 11.2. The quantitative estimate of drug-likeness (QED) is 0.422. The molecule has 0 aromatic heterocycles. The SMILES string of the molecule is CC(C)(C)C=C=CC=C=CC(C)(C)C. The fraction of sp³-hybridized carbons (Fsp3) is 0.571. The van der Waals surface area contributed by atoms with E-state index in [2.05, 4.69) is 65.2 Å². The normalized spacial score (nSPS) is 11.0. The first-order valence-corrected chi connectivity index (χ1v) is 5.07. The molecular weight excluding hydrogens is 168 g/mol. The summed E-state index contributed by atoms with van der Waals surface area (Å²) in [5.41, 5.74) is 6.66. The molecule has 0 aliphatic heterocycles. The van der Waals surface area contributed by atoms with Gasteiger partial charge >= 0.3 is 0 Å². The van der Waals surface area contributed by atoms with Gasteiger partial charge in [0.05, 0.1) is 0 Å². The van der Waals surface area contributed by atoms with Gasteiger partial charge in [-0.05, 0) is 35.1 Å². The molecule has 0 aromatic rings. The molecule has 0 nitrogen and oxygen atoms in total. The number of rotatable bonds is 1. The zero-order valence-electron chi connectivity index (χ0n) is 10.3. The van der Waals surface area contributed by atoms with Crippen molar-refractivity contribution in [2.45, 2.75) is 41.5 Å². The van der Waals surface area contributed by atoms with Gasteiger partial charge in [-0.1, -0.05) is 41.5 Å². The van der Waals surface area contributed by atoms with Crippen molar-refractivity contribution in [2.24, 2.45) is 10.8 Å². The van der Waals surface area contributed by atoms with Gasteiger partial charge in [-0.3, -0.25) is 0 Å². The third kappa shape index (κ3) is 11.0. The van der Waals surface area contributed by atoms with Gasteiger partial charge in [0.15, 0.2) is 0 Å². The third-order valence-electron chi connectivity index (χ3n) is 1.31. The Morgan fingerprint density at radius 2 is 0.929 bits per heavy atom. The average Bonchev–Trinajstić information content (AvgIpc) is 1.92. The minimum atomic E-state index is 0.206. The van der Waals surface area contributed by atoms with Crippen molar-refractivity contribution in [2.75, 3.05) is 0 Å². The Kier molecular flexibility index (Phi) is 4.71. The molecule has 0 fully saturated rings. The van der Waals surface area contributed by atoms with Crippen LogP contribution in [0.25, 0.3) is 0 Å². The molecule has 0 aliphatic rings. The summed E-state index contributed by atoms with van der Waals surface area (Å²) >= 11 is 0. The van der Waals surface area contributed by atoms with Crippen LogP contribution in [0.1, 0.15) is 41.5 Å². The van der Waals surface area contributed by atoms with E-state index < -0.39 is 0 Å². The molecule has 78 valence electrons. The Labute approximate surface area is 88.7 Å². The number of allylic oxidation sites excluding steroid dienone is 2. The summed E-state index contributed by atoms with van der Waals surface area (Å²) in [5.74, 6) is 0. The Morgan fingerprint density at radius 1 is 0.643 bits per heavy atom. The molecule has 0 heterocycles. The highest BCUT2D eigenvalue weighted by atomic mass is 14.1. The average molecular weight is 190 g/mol. The highest BCUT2D eigenvalue weighted by molar-refractivity contribution is 5.05. The molecule has 0 unspecified atom stereocenters. The Hall–Kier alpha value is -0.960. The van der Waals surface area contributed by atoms with Gasteiger partial charge in [0.2, 0.25) is 0 Å². The topological polar surface area (TPSA) is 0 Å². The molecule has 0 atom stereocenters. The van der Waals surface area contributed by atoms with Crippen molar-refractivity contribution < 1.29 is 0 Å². The van der Waals surface area contributed by atoms with E-state index in [-0.39, 0.29) is 10.8 Å². The summed E-state index contributed by atoms with van der Waals surface area (Å²) in [7, 11) is 0. The lowest BCUT2D eigenvalue weighted by molar-refractivity contribution is 0.544. The molecule has 0 spiro atoms. The van der Waals surface area contributed by atoms with Crippen LogP contribution in [0, 0.1) is 10.8 Å². The standard InChI is InChI=1S/C14H22/c1-13(2,3)11-9-7-8-10-12-14(4,5)6/h7-8,11-12H,1-6H3. The lowest BCUT2D eigenvalue weighted by atomic mass is 9.97. The first-order chi connectivity index (χ1) is 6.21. The van der Waals surface area contributed by atoms with Crippen LogP contribution in [0.2, 0.25) is 0 Å². The minimum Gasteiger partial charge on any atom is -0.124 e. The molecule has 0 saturated heterocycles. The fourth-order valence-electron chi connectivity index (χ4n) is 0.692. The second kappa shape index (κ2) is 5.05. The van der Waals surface area contributed by atoms with Crippen LogP contribution < -0.4 is 0 Å². The first-order valence-electron chi connectivity index (χ1n) is 5.07. The van der Waals surface area contributed by atoms with Gasteiger partial charge in [-0.15, -0.1) is 11.5 Å². The van der Waals surface area contributed by atoms with Crippen LogP contribution in [0.3, 0.4) is 0 Å². The summed E-state index contributed by atoms with van der Waals surface area (Å²) < 4.78 is 0. The number of hydrogen-bond donors (Lipinski definition) is 0. The van der Waals surface area contributed by atoms with Crippen molar-refractivity contribution in [3.63, 3.8) is 0 Å². The van der Waals surface area contributed by atoms with Gasteiger partial charge in [0.25, 0.3) is 0 Å². The van der Waals surface area contributed by atoms with Crippen LogP contribution in [-0.4, -0.2) is 0 Å². The van der Waals surface area contributed by atoms with Gasteiger partial charge < -0.3 is 0 Å². The van der Waals surface area contributed by atoms with E-state index in [0.29, 0.717) is 0 Å². The van der Waals surface area contributed by atoms with E-state index in [4.69, 9.17) is 0 Å². The van der Waals surface area contributed by atoms with E-state index in [0.717, 1.165) is 0 Å². The molecule has 0 radical (unpaired) electrons. The second-order valence-corrected chi connectivity index (χ2v) is 5.69. The molecule has 0 heteroatoms. The van der Waals surface area contributed by atoms with E-state index in [9.17, 15) is 0 Å². The van der Waals surface area contributed by atoms with Gasteiger partial charge in [-0.2, -0.15) is 0 Å². The van der Waals surface area contributed by atoms with Crippen molar-refractivity contribution in [3.05, 3.63) is 35.8 Å². The summed E-state index contributed by atoms with van der Waals surface area (Å²) in [6, 6.07) is 0. The van der Waals surface area contributed by atoms with E-state index in [1.165, 1.54) is 0 Å². The summed E-state index contributed by atoms with van der Waals surface area (Å²) in [5, 5.41) is 0. The lowest BCUT2D eigenvalue weighted by Gasteiger charge is -2.08. The smallest absolute Gasteiger partial charge is 0.0126 e. The minimum absolute atomic E-state index is 0.206. The molecule has 0 amide bonds. The Bertz CT molecular complexity index is 245. The lowest BCUT2D eigenvalue weighted by Crippen LogP contribution is -1.97. The highest BCUT2D eigenvalue weighted by Gasteiger charge is 2.02. The van der Waals surface area contributed by atoms with E-state index in [1.54, 1.807) is 0 Å². The van der Waals surface area contributed by atoms with Crippen LogP contribution in [0.15, 0.2) is 35.8 Å². The Balaban J connectivity index is 4.33. The van der Waals surface area contributed by atoms with Crippen molar-refractivity contribution in [1.82, 2.24) is 0 Å². The van der Waals surface area contributed by atoms with Crippen LogP contribution in [0.5, 0.6) is 0 Å². The van der Waals surface area contributed by atoms with E-state index in [1.807, 2.05) is 12.2 Å². The maximum absolute atomic E-state index is 3.12. The largest absolute Gasteiger partial charge is 0.124 e. The second-order valence-electron chi connectivity index (χ2n) is 5.69. The van der Waals surface area contributed by atoms with Crippen molar-refractivity contribution in [3.8, 4) is 0 Å². The van der Waals surface area contributed by atoms with Crippen LogP contribution in [-0.2, 0) is 0 Å². The fourth-order valence-corrected chi connectivity index (χ4v) is 0.692. The van der Waals surface area contributed by atoms with Crippen molar-refractivity contribution in [1.29, 1.82) is 0 Å². The Morgan fingerprint density at radius 3 is 1.14 bits per heavy atom. The van der Waals surface area contributed by atoms with Crippen LogP contribution in [0.4, 0.5) is 0 Å². The molecule has 0 bridgehead atoms. The predicted octanol–water partition coefficient (Wildman–Crippen LogP) is 4.50. The monoisotopic (exact) mass is 190 g/mol. The van der Waals surface area contributed by atoms with E-state index >= 15 is 0 Å². The number of hydrogen-bond acceptors (Lipinski definition) is 0. The molecule has 0 aromatic carbocycles. The summed E-state index contributed by atoms with van der Waals surface area (Å²) in [6.45, 7) is 12.9. The predicted molar refractivity (Wildman–Crippen MR) is 64.2 cm³/mol. The zero-order valence-corrected chi connectivity index (χ0v) is 10.3. The van der Waals surface area contributed by atoms with Crippen molar-refractivity contribution >= 4 is 0 Å². The summed E-state index contributed by atoms with van der Waals surface area (Å²) in [6.07, 6.45) is 7.91. The first kappa shape index (κ1) is 13.0. The molecule has 14 heavy (non-hydrogen) atoms. The molecule has 0 N–H and O–H groups in total. The molecule has 0 aliphatic carbocycles. The van der Waals surface area contributed by atoms with Gasteiger partial charge in [0.1, 0.15) is 0 Å². The molecular formula is C14H22. The highest BCUT2D eigenvalue weighted by Crippen LogP contribution is 2.14. The maximum atomic E-state index is 3.12. The van der Waals surface area contributed by atoms with Gasteiger partial charge in [0, 0.05) is 0 Å². The van der Waals surface area contributed by atoms with Gasteiger partial charge in [-0.25, -0.2) is 0 Å². The molecule has 0 saturated carbocycles. The maximum Gasteiger partial charge on any atom is -0.0126 e. The summed E-state index contributed by atoms with van der Waals surface area (Å²) in [4.78, 5) is 0. The third-order valence-corrected chi connectivity index (χ3v) is 1.31. The molecule has 0 rings (SSSR count). The van der Waals surface area contributed by atoms with Crippen LogP contribution >= 0.6 is 0 Å².